The van der Waals surface area contributed by atoms with Crippen LogP contribution in [0.15, 0.2) is 18.2 Å². The molecule has 0 unspecified atom stereocenters. The van der Waals surface area contributed by atoms with Crippen molar-refractivity contribution in [3.63, 3.8) is 0 Å². The number of carbonyl (C=O) groups is 2. The van der Waals surface area contributed by atoms with Crippen molar-refractivity contribution in [2.24, 2.45) is 5.92 Å². The van der Waals surface area contributed by atoms with Crippen LogP contribution < -0.4 is 5.32 Å². The molecule has 5 nitrogen and oxygen atoms in total. The second-order valence-corrected chi connectivity index (χ2v) is 5.96. The largest absolute Gasteiger partial charge is 0.465 e. The lowest BCUT2D eigenvalue weighted by molar-refractivity contribution is -0.130. The summed E-state index contributed by atoms with van der Waals surface area (Å²) in [6.07, 6.45) is 2.27. The van der Waals surface area contributed by atoms with Crippen LogP contribution in [0, 0.1) is 12.8 Å². The van der Waals surface area contributed by atoms with E-state index in [4.69, 9.17) is 4.74 Å². The molecule has 0 aliphatic carbocycles. The highest BCUT2D eigenvalue weighted by molar-refractivity contribution is 5.91. The molecule has 1 N–H and O–H groups in total. The van der Waals surface area contributed by atoms with Crippen LogP contribution in [0.4, 0.5) is 5.69 Å². The van der Waals surface area contributed by atoms with Crippen molar-refractivity contribution in [2.45, 2.75) is 26.7 Å². The molecule has 0 saturated carbocycles. The first-order valence-corrected chi connectivity index (χ1v) is 7.72. The van der Waals surface area contributed by atoms with Gasteiger partial charge in [0.15, 0.2) is 0 Å². The Morgan fingerprint density at radius 2 is 2.18 bits per heavy atom. The maximum absolute atomic E-state index is 12.3. The molecule has 1 saturated heterocycles. The van der Waals surface area contributed by atoms with Gasteiger partial charge >= 0.3 is 5.97 Å². The lowest BCUT2D eigenvalue weighted by atomic mass is 10.0. The summed E-state index contributed by atoms with van der Waals surface area (Å²) in [5, 5.41) is 3.15. The summed E-state index contributed by atoms with van der Waals surface area (Å²) in [5.41, 5.74) is 2.27. The Bertz CT molecular complexity index is 557. The summed E-state index contributed by atoms with van der Waals surface area (Å²) in [6.45, 7) is 6.04. The molecule has 0 radical (unpaired) electrons. The van der Waals surface area contributed by atoms with Crippen molar-refractivity contribution in [3.8, 4) is 0 Å². The fourth-order valence-electron chi connectivity index (χ4n) is 2.76. The molecule has 120 valence electrons. The predicted octanol–water partition coefficient (Wildman–Crippen LogP) is 2.45. The molecule has 1 aromatic rings. The fraction of sp³-hybridized carbons (Fsp3) is 0.529. The third kappa shape index (κ3) is 4.00. The summed E-state index contributed by atoms with van der Waals surface area (Å²) in [4.78, 5) is 25.8. The Morgan fingerprint density at radius 3 is 2.86 bits per heavy atom. The van der Waals surface area contributed by atoms with Crippen molar-refractivity contribution in [2.75, 3.05) is 32.1 Å². The molecule has 5 heteroatoms. The van der Waals surface area contributed by atoms with Crippen LogP contribution in [0.2, 0.25) is 0 Å². The molecule has 0 bridgehead atoms. The zero-order valence-corrected chi connectivity index (χ0v) is 13.5. The number of aryl methyl sites for hydroxylation is 1. The number of nitrogens with zero attached hydrogens (tertiary/aromatic N) is 1. The van der Waals surface area contributed by atoms with Gasteiger partial charge in [0, 0.05) is 18.8 Å². The van der Waals surface area contributed by atoms with Gasteiger partial charge < -0.3 is 15.0 Å². The number of ether oxygens (including phenoxy) is 1. The maximum atomic E-state index is 12.3. The van der Waals surface area contributed by atoms with Gasteiger partial charge in [-0.05, 0) is 43.4 Å². The van der Waals surface area contributed by atoms with E-state index in [2.05, 4.69) is 12.2 Å². The van der Waals surface area contributed by atoms with Crippen molar-refractivity contribution < 1.29 is 14.3 Å². The number of carbonyl (C=O) groups excluding carboxylic acids is 2. The van der Waals surface area contributed by atoms with Gasteiger partial charge in [0.1, 0.15) is 0 Å². The van der Waals surface area contributed by atoms with Crippen LogP contribution in [-0.2, 0) is 9.53 Å². The van der Waals surface area contributed by atoms with Gasteiger partial charge in [0.25, 0.3) is 0 Å². The van der Waals surface area contributed by atoms with Gasteiger partial charge in [0.2, 0.25) is 5.91 Å². The number of methoxy groups -OCH3 is 1. The first kappa shape index (κ1) is 16.3. The molecule has 1 aromatic carbocycles. The van der Waals surface area contributed by atoms with Crippen molar-refractivity contribution in [1.82, 2.24) is 4.90 Å². The Labute approximate surface area is 131 Å². The normalized spacial score (nSPS) is 18.0. The number of nitrogens with one attached hydrogen (secondary N) is 1. The number of benzene rings is 1. The van der Waals surface area contributed by atoms with Gasteiger partial charge in [-0.3, -0.25) is 4.79 Å². The standard InChI is InChI=1S/C17H24N2O3/c1-12-5-4-8-19(11-12)16(20)10-18-15-9-14(17(21)22-3)7-6-13(15)2/h6-7,9,12,18H,4-5,8,10-11H2,1-3H3/t12-/m1/s1. The fourth-order valence-corrected chi connectivity index (χ4v) is 2.76. The number of esters is 1. The monoisotopic (exact) mass is 304 g/mol. The molecule has 1 atom stereocenters. The van der Waals surface area contributed by atoms with E-state index in [-0.39, 0.29) is 18.4 Å². The highest BCUT2D eigenvalue weighted by Gasteiger charge is 2.20. The van der Waals surface area contributed by atoms with Crippen LogP contribution in [0.3, 0.4) is 0 Å². The molecule has 1 heterocycles. The molecule has 1 amide bonds. The lowest BCUT2D eigenvalue weighted by Gasteiger charge is -2.31. The molecule has 2 rings (SSSR count). The van der Waals surface area contributed by atoms with E-state index in [0.717, 1.165) is 30.8 Å². The van der Waals surface area contributed by atoms with Crippen molar-refractivity contribution in [3.05, 3.63) is 29.3 Å². The molecule has 22 heavy (non-hydrogen) atoms. The first-order valence-electron chi connectivity index (χ1n) is 7.72. The average Bonchev–Trinajstić information content (AvgIpc) is 2.53. The molecule has 1 fully saturated rings. The van der Waals surface area contributed by atoms with Crippen LogP contribution in [0.1, 0.15) is 35.7 Å². The lowest BCUT2D eigenvalue weighted by Crippen LogP contribution is -2.42. The minimum Gasteiger partial charge on any atom is -0.465 e. The second kappa shape index (κ2) is 7.29. The topological polar surface area (TPSA) is 58.6 Å². The number of hydrogen-bond donors (Lipinski definition) is 1. The van der Waals surface area contributed by atoms with Crippen LogP contribution >= 0.6 is 0 Å². The number of piperidine rings is 1. The minimum atomic E-state index is -0.376. The average molecular weight is 304 g/mol. The summed E-state index contributed by atoms with van der Waals surface area (Å²) >= 11 is 0. The summed E-state index contributed by atoms with van der Waals surface area (Å²) < 4.78 is 4.72. The van der Waals surface area contributed by atoms with Crippen LogP contribution in [0.5, 0.6) is 0 Å². The SMILES string of the molecule is COC(=O)c1ccc(C)c(NCC(=O)N2CCC[C@@H](C)C2)c1. The van der Waals surface area contributed by atoms with Crippen molar-refractivity contribution >= 4 is 17.6 Å². The predicted molar refractivity (Wildman–Crippen MR) is 86.0 cm³/mol. The molecule has 1 aliphatic rings. The number of amides is 1. The van der Waals surface area contributed by atoms with E-state index in [0.29, 0.717) is 11.5 Å². The second-order valence-electron chi connectivity index (χ2n) is 5.96. The summed E-state index contributed by atoms with van der Waals surface area (Å²) in [5.74, 6) is 0.302. The third-order valence-electron chi connectivity index (χ3n) is 4.10. The Balaban J connectivity index is 1.98. The van der Waals surface area contributed by atoms with Gasteiger partial charge in [-0.15, -0.1) is 0 Å². The minimum absolute atomic E-state index is 0.106. The van der Waals surface area contributed by atoms with E-state index in [1.165, 1.54) is 13.5 Å². The van der Waals surface area contributed by atoms with E-state index in [9.17, 15) is 9.59 Å². The number of rotatable bonds is 4. The van der Waals surface area contributed by atoms with Gasteiger partial charge in [-0.1, -0.05) is 13.0 Å². The van der Waals surface area contributed by atoms with E-state index >= 15 is 0 Å². The molecule has 1 aliphatic heterocycles. The zero-order valence-electron chi connectivity index (χ0n) is 13.5. The first-order chi connectivity index (χ1) is 10.5. The van der Waals surface area contributed by atoms with Gasteiger partial charge in [-0.25, -0.2) is 4.79 Å². The van der Waals surface area contributed by atoms with Crippen molar-refractivity contribution in [1.29, 1.82) is 0 Å². The Kier molecular flexibility index (Phi) is 5.41. The maximum Gasteiger partial charge on any atom is 0.337 e. The highest BCUT2D eigenvalue weighted by Crippen LogP contribution is 2.19. The van der Waals surface area contributed by atoms with Crippen LogP contribution in [0.25, 0.3) is 0 Å². The van der Waals surface area contributed by atoms with Crippen LogP contribution in [-0.4, -0.2) is 43.5 Å². The summed E-state index contributed by atoms with van der Waals surface area (Å²) in [7, 11) is 1.36. The van der Waals surface area contributed by atoms with Gasteiger partial charge in [-0.2, -0.15) is 0 Å². The quantitative estimate of drug-likeness (QED) is 0.868. The Morgan fingerprint density at radius 1 is 1.41 bits per heavy atom. The summed E-state index contributed by atoms with van der Waals surface area (Å²) in [6, 6.07) is 5.30. The zero-order chi connectivity index (χ0) is 16.1. The van der Waals surface area contributed by atoms with E-state index < -0.39 is 0 Å². The number of anilines is 1. The van der Waals surface area contributed by atoms with E-state index in [1.807, 2.05) is 17.9 Å². The molecule has 0 spiro atoms. The number of likely N-dealkylation sites (tertiary alicyclic amines) is 1. The highest BCUT2D eigenvalue weighted by atomic mass is 16.5. The molecule has 0 aromatic heterocycles. The smallest absolute Gasteiger partial charge is 0.337 e. The van der Waals surface area contributed by atoms with E-state index in [1.54, 1.807) is 12.1 Å². The molecular formula is C17H24N2O3. The third-order valence-corrected chi connectivity index (χ3v) is 4.10. The van der Waals surface area contributed by atoms with Gasteiger partial charge in [0.05, 0.1) is 19.2 Å². The Hall–Kier alpha value is -2.04. The molecular weight excluding hydrogens is 280 g/mol. The number of hydrogen-bond acceptors (Lipinski definition) is 4.